The Labute approximate surface area is 70.4 Å². The van der Waals surface area contributed by atoms with Gasteiger partial charge >= 0.3 is 0 Å². The standard InChI is InChI=1S/C8H12O4/c1-6(9)8(10)12-5-7-3-2-4-11-7/h2-4,6,8-10H,5H2,1H3/t6?,8-/m1/s1. The van der Waals surface area contributed by atoms with Crippen LogP contribution in [0.15, 0.2) is 22.8 Å². The Kier molecular flexibility index (Phi) is 3.28. The Balaban J connectivity index is 2.27. The molecule has 0 spiro atoms. The molecule has 0 aromatic carbocycles. The fraction of sp³-hybridized carbons (Fsp3) is 0.500. The molecule has 1 rings (SSSR count). The number of aliphatic hydroxyl groups excluding tert-OH is 2. The van der Waals surface area contributed by atoms with Gasteiger partial charge in [0.2, 0.25) is 0 Å². The maximum absolute atomic E-state index is 9.01. The predicted octanol–water partition coefficient (Wildman–Crippen LogP) is 0.495. The van der Waals surface area contributed by atoms with Crippen LogP contribution in [0.3, 0.4) is 0 Å². The highest BCUT2D eigenvalue weighted by Gasteiger charge is 2.11. The van der Waals surface area contributed by atoms with E-state index in [0.29, 0.717) is 5.76 Å². The number of furan rings is 1. The highest BCUT2D eigenvalue weighted by atomic mass is 16.6. The molecule has 2 N–H and O–H groups in total. The number of hydrogen-bond donors (Lipinski definition) is 2. The first-order valence-corrected chi connectivity index (χ1v) is 3.70. The van der Waals surface area contributed by atoms with Crippen molar-refractivity contribution in [2.45, 2.75) is 25.9 Å². The van der Waals surface area contributed by atoms with Gasteiger partial charge in [0, 0.05) is 0 Å². The molecule has 0 aliphatic heterocycles. The second-order valence-electron chi connectivity index (χ2n) is 2.52. The van der Waals surface area contributed by atoms with Gasteiger partial charge in [-0.15, -0.1) is 0 Å². The van der Waals surface area contributed by atoms with Crippen molar-refractivity contribution < 1.29 is 19.4 Å². The molecule has 0 saturated heterocycles. The SMILES string of the molecule is CC(O)[C@H](O)OCc1ccco1. The second-order valence-corrected chi connectivity index (χ2v) is 2.52. The van der Waals surface area contributed by atoms with E-state index in [1.54, 1.807) is 12.1 Å². The average Bonchev–Trinajstić information content (AvgIpc) is 2.51. The van der Waals surface area contributed by atoms with Gasteiger partial charge in [-0.1, -0.05) is 0 Å². The minimum Gasteiger partial charge on any atom is -0.467 e. The Hall–Kier alpha value is -0.840. The normalized spacial score (nSPS) is 15.9. The Morgan fingerprint density at radius 3 is 2.83 bits per heavy atom. The van der Waals surface area contributed by atoms with Crippen LogP contribution in [0.5, 0.6) is 0 Å². The van der Waals surface area contributed by atoms with Crippen LogP contribution in [-0.2, 0) is 11.3 Å². The summed E-state index contributed by atoms with van der Waals surface area (Å²) in [6.45, 7) is 1.62. The molecule has 0 amide bonds. The molecule has 1 unspecified atom stereocenters. The summed E-state index contributed by atoms with van der Waals surface area (Å²) in [7, 11) is 0. The van der Waals surface area contributed by atoms with E-state index in [1.165, 1.54) is 13.2 Å². The van der Waals surface area contributed by atoms with Gasteiger partial charge in [-0.3, -0.25) is 0 Å². The molecule has 0 saturated carbocycles. The molecule has 1 heterocycles. The van der Waals surface area contributed by atoms with Crippen molar-refractivity contribution in [3.05, 3.63) is 24.2 Å². The Morgan fingerprint density at radius 2 is 2.33 bits per heavy atom. The Bertz CT molecular complexity index is 205. The summed E-state index contributed by atoms with van der Waals surface area (Å²) in [6, 6.07) is 3.46. The lowest BCUT2D eigenvalue weighted by atomic mass is 10.4. The minimum atomic E-state index is -1.16. The maximum atomic E-state index is 9.01. The summed E-state index contributed by atoms with van der Waals surface area (Å²) in [5, 5.41) is 17.9. The van der Waals surface area contributed by atoms with Crippen LogP contribution in [0.1, 0.15) is 12.7 Å². The topological polar surface area (TPSA) is 62.8 Å². The number of hydrogen-bond acceptors (Lipinski definition) is 4. The average molecular weight is 172 g/mol. The van der Waals surface area contributed by atoms with Gasteiger partial charge in [0.05, 0.1) is 6.26 Å². The summed E-state index contributed by atoms with van der Waals surface area (Å²) >= 11 is 0. The quantitative estimate of drug-likeness (QED) is 0.649. The van der Waals surface area contributed by atoms with E-state index < -0.39 is 12.4 Å². The van der Waals surface area contributed by atoms with Crippen molar-refractivity contribution in [2.75, 3.05) is 0 Å². The molecule has 2 atom stereocenters. The molecule has 0 aliphatic carbocycles. The van der Waals surface area contributed by atoms with Gasteiger partial charge < -0.3 is 19.4 Å². The van der Waals surface area contributed by atoms with Gasteiger partial charge in [0.15, 0.2) is 6.29 Å². The zero-order valence-corrected chi connectivity index (χ0v) is 6.80. The number of ether oxygens (including phenoxy) is 1. The van der Waals surface area contributed by atoms with E-state index in [9.17, 15) is 0 Å². The van der Waals surface area contributed by atoms with Gasteiger partial charge in [0.25, 0.3) is 0 Å². The first-order valence-electron chi connectivity index (χ1n) is 3.70. The van der Waals surface area contributed by atoms with Crippen molar-refractivity contribution in [3.8, 4) is 0 Å². The molecule has 0 aliphatic rings. The highest BCUT2D eigenvalue weighted by Crippen LogP contribution is 2.04. The fourth-order valence-electron chi connectivity index (χ4n) is 0.701. The zero-order valence-electron chi connectivity index (χ0n) is 6.80. The smallest absolute Gasteiger partial charge is 0.181 e. The molecule has 1 aromatic rings. The van der Waals surface area contributed by atoms with Crippen LogP contribution in [-0.4, -0.2) is 22.6 Å². The van der Waals surface area contributed by atoms with Gasteiger partial charge in [0.1, 0.15) is 18.5 Å². The van der Waals surface area contributed by atoms with E-state index in [0.717, 1.165) is 0 Å². The van der Waals surface area contributed by atoms with Crippen LogP contribution >= 0.6 is 0 Å². The lowest BCUT2D eigenvalue weighted by molar-refractivity contribution is -0.165. The summed E-state index contributed by atoms with van der Waals surface area (Å²) < 4.78 is 9.81. The largest absolute Gasteiger partial charge is 0.467 e. The number of rotatable bonds is 4. The summed E-state index contributed by atoms with van der Waals surface area (Å²) in [5.41, 5.74) is 0. The first kappa shape index (κ1) is 9.25. The molecule has 68 valence electrons. The third kappa shape index (κ3) is 2.65. The molecular weight excluding hydrogens is 160 g/mol. The van der Waals surface area contributed by atoms with Crippen LogP contribution in [0.4, 0.5) is 0 Å². The van der Waals surface area contributed by atoms with Crippen LogP contribution in [0, 0.1) is 0 Å². The third-order valence-corrected chi connectivity index (χ3v) is 1.39. The van der Waals surface area contributed by atoms with Gasteiger partial charge in [-0.25, -0.2) is 0 Å². The zero-order chi connectivity index (χ0) is 8.97. The molecule has 0 fully saturated rings. The summed E-state index contributed by atoms with van der Waals surface area (Å²) in [5.74, 6) is 0.620. The van der Waals surface area contributed by atoms with Crippen molar-refractivity contribution in [3.63, 3.8) is 0 Å². The van der Waals surface area contributed by atoms with Crippen molar-refractivity contribution in [1.29, 1.82) is 0 Å². The molecule has 0 bridgehead atoms. The highest BCUT2D eigenvalue weighted by molar-refractivity contribution is 4.96. The van der Waals surface area contributed by atoms with E-state index in [4.69, 9.17) is 19.4 Å². The molecule has 4 nitrogen and oxygen atoms in total. The monoisotopic (exact) mass is 172 g/mol. The number of aliphatic hydroxyl groups is 2. The third-order valence-electron chi connectivity index (χ3n) is 1.39. The summed E-state index contributed by atoms with van der Waals surface area (Å²) in [4.78, 5) is 0. The first-order chi connectivity index (χ1) is 5.70. The molecule has 12 heavy (non-hydrogen) atoms. The lowest BCUT2D eigenvalue weighted by Crippen LogP contribution is -2.25. The van der Waals surface area contributed by atoms with Crippen LogP contribution in [0.2, 0.25) is 0 Å². The molecule has 1 aromatic heterocycles. The summed E-state index contributed by atoms with van der Waals surface area (Å²) in [6.07, 6.45) is -0.525. The molecule has 0 radical (unpaired) electrons. The fourth-order valence-corrected chi connectivity index (χ4v) is 0.701. The minimum absolute atomic E-state index is 0.166. The predicted molar refractivity (Wildman–Crippen MR) is 41.2 cm³/mol. The van der Waals surface area contributed by atoms with Crippen molar-refractivity contribution in [2.24, 2.45) is 0 Å². The molecular formula is C8H12O4. The molecule has 4 heteroatoms. The van der Waals surface area contributed by atoms with E-state index in [2.05, 4.69) is 0 Å². The van der Waals surface area contributed by atoms with E-state index in [-0.39, 0.29) is 6.61 Å². The Morgan fingerprint density at radius 1 is 1.58 bits per heavy atom. The van der Waals surface area contributed by atoms with E-state index in [1.807, 2.05) is 0 Å². The van der Waals surface area contributed by atoms with Crippen molar-refractivity contribution >= 4 is 0 Å². The second kappa shape index (κ2) is 4.25. The van der Waals surface area contributed by atoms with E-state index >= 15 is 0 Å². The van der Waals surface area contributed by atoms with Crippen LogP contribution < -0.4 is 0 Å². The maximum Gasteiger partial charge on any atom is 0.181 e. The van der Waals surface area contributed by atoms with Crippen LogP contribution in [0.25, 0.3) is 0 Å². The van der Waals surface area contributed by atoms with Gasteiger partial charge in [-0.05, 0) is 19.1 Å². The lowest BCUT2D eigenvalue weighted by Gasteiger charge is -2.12. The van der Waals surface area contributed by atoms with Gasteiger partial charge in [-0.2, -0.15) is 0 Å². The van der Waals surface area contributed by atoms with Crippen molar-refractivity contribution in [1.82, 2.24) is 0 Å².